The van der Waals surface area contributed by atoms with Gasteiger partial charge in [-0.3, -0.25) is 30.1 Å². The van der Waals surface area contributed by atoms with E-state index in [1.165, 1.54) is 11.3 Å². The van der Waals surface area contributed by atoms with Crippen LogP contribution < -0.4 is 15.8 Å². The average molecular weight is 398 g/mol. The largest absolute Gasteiger partial charge is 0.451 e. The van der Waals surface area contributed by atoms with Crippen LogP contribution >= 0.6 is 11.3 Å². The lowest BCUT2D eigenvalue weighted by atomic mass is 10.1. The van der Waals surface area contributed by atoms with E-state index in [1.807, 2.05) is 18.2 Å². The number of carbonyl (C=O) groups is 3. The molecule has 4 rings (SSSR count). The van der Waals surface area contributed by atoms with Crippen molar-refractivity contribution in [3.05, 3.63) is 46.7 Å². The van der Waals surface area contributed by atoms with Crippen molar-refractivity contribution in [3.63, 3.8) is 0 Å². The van der Waals surface area contributed by atoms with E-state index in [9.17, 15) is 14.4 Å². The van der Waals surface area contributed by atoms with Gasteiger partial charge in [0.15, 0.2) is 10.9 Å². The Labute approximate surface area is 164 Å². The number of thiazole rings is 1. The normalized spacial score (nSPS) is 13.9. The van der Waals surface area contributed by atoms with Crippen molar-refractivity contribution < 1.29 is 18.8 Å². The van der Waals surface area contributed by atoms with Crippen molar-refractivity contribution in [3.8, 4) is 0 Å². The Balaban J connectivity index is 1.35. The maximum absolute atomic E-state index is 12.3. The number of aromatic nitrogens is 1. The van der Waals surface area contributed by atoms with Crippen LogP contribution in [0.2, 0.25) is 0 Å². The van der Waals surface area contributed by atoms with E-state index in [0.29, 0.717) is 34.9 Å². The summed E-state index contributed by atoms with van der Waals surface area (Å²) >= 11 is 1.33. The topological polar surface area (TPSA) is 105 Å². The number of nitrogens with zero attached hydrogens (tertiary/aromatic N) is 2. The molecule has 0 unspecified atom stereocenters. The summed E-state index contributed by atoms with van der Waals surface area (Å²) in [5.74, 6) is -0.723. The number of furan rings is 1. The van der Waals surface area contributed by atoms with Crippen LogP contribution in [0.1, 0.15) is 34.7 Å². The number of carbonyl (C=O) groups excluding carboxylic acids is 3. The summed E-state index contributed by atoms with van der Waals surface area (Å²) in [5, 5.41) is 3.20. The summed E-state index contributed by atoms with van der Waals surface area (Å²) in [6, 6.07) is 7.34. The van der Waals surface area contributed by atoms with Crippen molar-refractivity contribution in [1.82, 2.24) is 15.8 Å². The fourth-order valence-corrected chi connectivity index (χ4v) is 4.00. The first-order chi connectivity index (χ1) is 13.5. The van der Waals surface area contributed by atoms with Gasteiger partial charge in [0, 0.05) is 29.3 Å². The highest BCUT2D eigenvalue weighted by Crippen LogP contribution is 2.26. The number of benzene rings is 1. The summed E-state index contributed by atoms with van der Waals surface area (Å²) in [6.07, 6.45) is 1.35. The number of fused-ring (bicyclic) bond motifs is 1. The second-order valence-corrected chi connectivity index (χ2v) is 7.34. The standard InChI is InChI=1S/C19H18N4O4S/c1-11-13-5-2-3-6-14(13)27-17(11)18(26)22-21-15(24)9-12-10-28-19(20-12)23-8-4-7-16(23)25/h2-3,5-6,10H,4,7-9H2,1H3,(H,21,24)(H,22,26). The lowest BCUT2D eigenvalue weighted by molar-refractivity contribution is -0.121. The zero-order valence-electron chi connectivity index (χ0n) is 15.2. The smallest absolute Gasteiger partial charge is 0.305 e. The monoisotopic (exact) mass is 398 g/mol. The molecule has 1 aromatic carbocycles. The number of amides is 3. The molecular formula is C19H18N4O4S. The minimum atomic E-state index is -0.524. The molecule has 3 heterocycles. The Morgan fingerprint density at radius 3 is 2.86 bits per heavy atom. The van der Waals surface area contributed by atoms with Crippen LogP contribution in [0.15, 0.2) is 34.1 Å². The van der Waals surface area contributed by atoms with Gasteiger partial charge in [0.2, 0.25) is 11.8 Å². The van der Waals surface area contributed by atoms with Crippen molar-refractivity contribution >= 4 is 45.2 Å². The molecule has 0 spiro atoms. The Morgan fingerprint density at radius 2 is 2.11 bits per heavy atom. The lowest BCUT2D eigenvalue weighted by Gasteiger charge is -2.10. The molecule has 28 heavy (non-hydrogen) atoms. The van der Waals surface area contributed by atoms with E-state index >= 15 is 0 Å². The zero-order chi connectivity index (χ0) is 19.7. The van der Waals surface area contributed by atoms with Crippen LogP contribution in [0.3, 0.4) is 0 Å². The molecule has 1 aliphatic heterocycles. The molecule has 0 radical (unpaired) electrons. The van der Waals surface area contributed by atoms with E-state index in [-0.39, 0.29) is 18.1 Å². The predicted octanol–water partition coefficient (Wildman–Crippen LogP) is 2.33. The van der Waals surface area contributed by atoms with Gasteiger partial charge >= 0.3 is 5.91 Å². The van der Waals surface area contributed by atoms with Gasteiger partial charge in [-0.25, -0.2) is 4.98 Å². The highest BCUT2D eigenvalue weighted by atomic mass is 32.1. The molecule has 3 aromatic rings. The SMILES string of the molecule is Cc1c(C(=O)NNC(=O)Cc2csc(N3CCCC3=O)n2)oc2ccccc12. The maximum atomic E-state index is 12.3. The minimum absolute atomic E-state index is 0.00206. The first kappa shape index (κ1) is 18.2. The molecule has 1 aliphatic rings. The van der Waals surface area contributed by atoms with E-state index in [4.69, 9.17) is 4.42 Å². The average Bonchev–Trinajstić information content (AvgIpc) is 3.39. The third-order valence-electron chi connectivity index (χ3n) is 4.55. The zero-order valence-corrected chi connectivity index (χ0v) is 16.0. The van der Waals surface area contributed by atoms with Gasteiger partial charge in [-0.05, 0) is 19.4 Å². The second kappa shape index (κ2) is 7.43. The number of aryl methyl sites for hydroxylation is 1. The number of hydrogen-bond donors (Lipinski definition) is 2. The van der Waals surface area contributed by atoms with Gasteiger partial charge in [-0.15, -0.1) is 11.3 Å². The number of para-hydroxylation sites is 1. The van der Waals surface area contributed by atoms with Crippen LogP contribution in [0.5, 0.6) is 0 Å². The molecule has 144 valence electrons. The number of rotatable bonds is 4. The molecule has 0 atom stereocenters. The van der Waals surface area contributed by atoms with Gasteiger partial charge in [0.1, 0.15) is 5.58 Å². The molecule has 9 heteroatoms. The number of anilines is 1. The molecule has 0 saturated carbocycles. The highest BCUT2D eigenvalue weighted by Gasteiger charge is 2.24. The van der Waals surface area contributed by atoms with Crippen LogP contribution in [0, 0.1) is 6.92 Å². The van der Waals surface area contributed by atoms with Crippen molar-refractivity contribution in [2.24, 2.45) is 0 Å². The number of nitrogens with one attached hydrogen (secondary N) is 2. The molecule has 2 N–H and O–H groups in total. The summed E-state index contributed by atoms with van der Waals surface area (Å²) in [4.78, 5) is 42.2. The van der Waals surface area contributed by atoms with Crippen LogP contribution in [0.25, 0.3) is 11.0 Å². The third kappa shape index (κ3) is 3.48. The van der Waals surface area contributed by atoms with Crippen molar-refractivity contribution in [2.75, 3.05) is 11.4 Å². The quantitative estimate of drug-likeness (QED) is 0.657. The Bertz CT molecular complexity index is 1070. The Hall–Kier alpha value is -3.20. The molecule has 1 saturated heterocycles. The first-order valence-electron chi connectivity index (χ1n) is 8.85. The minimum Gasteiger partial charge on any atom is -0.451 e. The molecule has 2 aromatic heterocycles. The summed E-state index contributed by atoms with van der Waals surface area (Å²) in [7, 11) is 0. The van der Waals surface area contributed by atoms with Gasteiger partial charge in [-0.2, -0.15) is 0 Å². The summed E-state index contributed by atoms with van der Waals surface area (Å²) in [6.45, 7) is 2.45. The molecule has 0 aliphatic carbocycles. The number of hydrazine groups is 1. The van der Waals surface area contributed by atoms with Crippen molar-refractivity contribution in [1.29, 1.82) is 0 Å². The maximum Gasteiger partial charge on any atom is 0.305 e. The molecule has 8 nitrogen and oxygen atoms in total. The second-order valence-electron chi connectivity index (χ2n) is 6.50. The molecule has 0 bridgehead atoms. The molecular weight excluding hydrogens is 380 g/mol. The summed E-state index contributed by atoms with van der Waals surface area (Å²) in [5.41, 5.74) is 6.61. The van der Waals surface area contributed by atoms with Crippen LogP contribution in [-0.2, 0) is 16.0 Å². The van der Waals surface area contributed by atoms with Crippen LogP contribution in [0.4, 0.5) is 5.13 Å². The third-order valence-corrected chi connectivity index (χ3v) is 5.46. The molecule has 1 fully saturated rings. The Morgan fingerprint density at radius 1 is 1.29 bits per heavy atom. The van der Waals surface area contributed by atoms with Crippen molar-refractivity contribution in [2.45, 2.75) is 26.2 Å². The van der Waals surface area contributed by atoms with Gasteiger partial charge in [0.25, 0.3) is 0 Å². The van der Waals surface area contributed by atoms with E-state index in [1.54, 1.807) is 23.3 Å². The molecule has 3 amide bonds. The highest BCUT2D eigenvalue weighted by molar-refractivity contribution is 7.14. The first-order valence-corrected chi connectivity index (χ1v) is 9.73. The lowest BCUT2D eigenvalue weighted by Crippen LogP contribution is -2.42. The Kier molecular flexibility index (Phi) is 4.82. The van der Waals surface area contributed by atoms with Gasteiger partial charge < -0.3 is 4.42 Å². The van der Waals surface area contributed by atoms with E-state index in [0.717, 1.165) is 11.8 Å². The van der Waals surface area contributed by atoms with Gasteiger partial charge in [-0.1, -0.05) is 18.2 Å². The van der Waals surface area contributed by atoms with E-state index < -0.39 is 11.8 Å². The predicted molar refractivity (Wildman–Crippen MR) is 104 cm³/mol. The van der Waals surface area contributed by atoms with Crippen LogP contribution in [-0.4, -0.2) is 29.3 Å². The van der Waals surface area contributed by atoms with E-state index in [2.05, 4.69) is 15.8 Å². The fourth-order valence-electron chi connectivity index (χ4n) is 3.13. The summed E-state index contributed by atoms with van der Waals surface area (Å²) < 4.78 is 5.57. The fraction of sp³-hybridized carbons (Fsp3) is 0.263. The van der Waals surface area contributed by atoms with Gasteiger partial charge in [0.05, 0.1) is 12.1 Å². The number of hydrogen-bond acceptors (Lipinski definition) is 6.